The summed E-state index contributed by atoms with van der Waals surface area (Å²) in [6.07, 6.45) is 0. The summed E-state index contributed by atoms with van der Waals surface area (Å²) < 4.78 is 0. The molecule has 0 aliphatic heterocycles. The maximum atomic E-state index is 9.40. The highest BCUT2D eigenvalue weighted by Crippen LogP contribution is 2.37. The number of aliphatic hydroxyl groups excluding tert-OH is 1. The van der Waals surface area contributed by atoms with Crippen LogP contribution in [0.2, 0.25) is 0 Å². The number of nitrogens with zero attached hydrogens (tertiary/aromatic N) is 1. The summed E-state index contributed by atoms with van der Waals surface area (Å²) >= 11 is 3.42. The fourth-order valence-electron chi connectivity index (χ4n) is 1.58. The van der Waals surface area contributed by atoms with E-state index in [0.29, 0.717) is 0 Å². The first-order valence-electron chi connectivity index (χ1n) is 5.59. The van der Waals surface area contributed by atoms with Crippen molar-refractivity contribution < 1.29 is 5.11 Å². The van der Waals surface area contributed by atoms with Crippen molar-refractivity contribution in [3.05, 3.63) is 26.9 Å². The molecule has 1 N–H and O–H groups in total. The van der Waals surface area contributed by atoms with Crippen LogP contribution in [0.25, 0.3) is 10.6 Å². The van der Waals surface area contributed by atoms with E-state index < -0.39 is 0 Å². The fourth-order valence-corrected chi connectivity index (χ4v) is 3.63. The number of rotatable bonds is 3. The van der Waals surface area contributed by atoms with Gasteiger partial charge >= 0.3 is 0 Å². The van der Waals surface area contributed by atoms with Crippen LogP contribution in [-0.2, 0) is 5.41 Å². The molecule has 4 heteroatoms. The quantitative estimate of drug-likeness (QED) is 0.918. The van der Waals surface area contributed by atoms with E-state index in [1.807, 2.05) is 13.8 Å². The first-order valence-corrected chi connectivity index (χ1v) is 7.28. The third-order valence-electron chi connectivity index (χ3n) is 2.85. The molecule has 2 rings (SSSR count). The minimum absolute atomic E-state index is 0.128. The number of thiophene rings is 1. The maximum Gasteiger partial charge on any atom is 0.101 e. The summed E-state index contributed by atoms with van der Waals surface area (Å²) in [6.45, 7) is 8.39. The average Bonchev–Trinajstić information content (AvgIpc) is 2.85. The van der Waals surface area contributed by atoms with E-state index in [-0.39, 0.29) is 12.0 Å². The Morgan fingerprint density at radius 3 is 2.59 bits per heavy atom. The number of hydrogen-bond acceptors (Lipinski definition) is 4. The molecule has 17 heavy (non-hydrogen) atoms. The number of hydrogen-bond donors (Lipinski definition) is 1. The Morgan fingerprint density at radius 1 is 1.35 bits per heavy atom. The molecule has 0 aromatic carbocycles. The van der Waals surface area contributed by atoms with Crippen LogP contribution in [-0.4, -0.2) is 16.7 Å². The van der Waals surface area contributed by atoms with Crippen molar-refractivity contribution in [1.29, 1.82) is 0 Å². The minimum atomic E-state index is -0.251. The monoisotopic (exact) mass is 267 g/mol. The number of aliphatic hydroxyl groups is 1. The first kappa shape index (κ1) is 12.7. The van der Waals surface area contributed by atoms with Crippen LogP contribution >= 0.6 is 22.7 Å². The maximum absolute atomic E-state index is 9.40. The minimum Gasteiger partial charge on any atom is -0.395 e. The molecule has 0 aliphatic rings. The number of thiazole rings is 1. The second-order valence-corrected chi connectivity index (χ2v) is 7.02. The third kappa shape index (κ3) is 2.30. The lowest BCUT2D eigenvalue weighted by Gasteiger charge is -2.17. The molecule has 0 aliphatic carbocycles. The summed E-state index contributed by atoms with van der Waals surface area (Å²) in [7, 11) is 0. The summed E-state index contributed by atoms with van der Waals surface area (Å²) in [4.78, 5) is 7.20. The molecule has 0 amide bonds. The highest BCUT2D eigenvalue weighted by atomic mass is 32.1. The van der Waals surface area contributed by atoms with Crippen LogP contribution < -0.4 is 0 Å². The zero-order chi connectivity index (χ0) is 12.6. The topological polar surface area (TPSA) is 33.1 Å². The van der Waals surface area contributed by atoms with Gasteiger partial charge in [0.15, 0.2) is 0 Å². The number of aryl methyl sites for hydroxylation is 2. The van der Waals surface area contributed by atoms with Crippen molar-refractivity contribution in [2.45, 2.75) is 33.1 Å². The standard InChI is InChI=1S/C13H17NOS2/c1-8-5-6-16-11(8)10-9(2)17-12(14-10)13(3,4)7-15/h5-6,15H,7H2,1-4H3. The van der Waals surface area contributed by atoms with E-state index >= 15 is 0 Å². The molecule has 2 nitrogen and oxygen atoms in total. The predicted molar refractivity (Wildman–Crippen MR) is 75.0 cm³/mol. The Hall–Kier alpha value is -0.710. The smallest absolute Gasteiger partial charge is 0.101 e. The fraction of sp³-hybridized carbons (Fsp3) is 0.462. The first-order chi connectivity index (χ1) is 7.95. The zero-order valence-corrected chi connectivity index (χ0v) is 12.2. The van der Waals surface area contributed by atoms with Gasteiger partial charge in [0.05, 0.1) is 17.2 Å². The van der Waals surface area contributed by atoms with Gasteiger partial charge in [-0.3, -0.25) is 0 Å². The van der Waals surface area contributed by atoms with Crippen LogP contribution in [0.4, 0.5) is 0 Å². The normalized spacial score (nSPS) is 12.1. The second kappa shape index (κ2) is 4.52. The van der Waals surface area contributed by atoms with E-state index in [0.717, 1.165) is 10.7 Å². The van der Waals surface area contributed by atoms with Crippen LogP contribution in [0.1, 0.15) is 29.3 Å². The molecule has 0 spiro atoms. The summed E-state index contributed by atoms with van der Waals surface area (Å²) in [5, 5.41) is 12.5. The van der Waals surface area contributed by atoms with Gasteiger partial charge in [0.1, 0.15) is 5.01 Å². The molecule has 92 valence electrons. The lowest BCUT2D eigenvalue weighted by molar-refractivity contribution is 0.218. The SMILES string of the molecule is Cc1ccsc1-c1nc(C(C)(C)CO)sc1C. The van der Waals surface area contributed by atoms with Crippen LogP contribution in [0, 0.1) is 13.8 Å². The third-order valence-corrected chi connectivity index (χ3v) is 5.21. The molecule has 0 radical (unpaired) electrons. The molecule has 0 bridgehead atoms. The Balaban J connectivity index is 2.49. The van der Waals surface area contributed by atoms with Gasteiger partial charge in [0, 0.05) is 10.3 Å². The average molecular weight is 267 g/mol. The Morgan fingerprint density at radius 2 is 2.06 bits per heavy atom. The van der Waals surface area contributed by atoms with Crippen LogP contribution in [0.3, 0.4) is 0 Å². The number of aromatic nitrogens is 1. The van der Waals surface area contributed by atoms with Crippen LogP contribution in [0.5, 0.6) is 0 Å². The highest BCUT2D eigenvalue weighted by molar-refractivity contribution is 7.15. The van der Waals surface area contributed by atoms with Gasteiger partial charge in [-0.2, -0.15) is 0 Å². The van der Waals surface area contributed by atoms with E-state index in [9.17, 15) is 5.11 Å². The largest absolute Gasteiger partial charge is 0.395 e. The van der Waals surface area contributed by atoms with Gasteiger partial charge in [0.2, 0.25) is 0 Å². The van der Waals surface area contributed by atoms with Crippen molar-refractivity contribution in [2.75, 3.05) is 6.61 Å². The van der Waals surface area contributed by atoms with Gasteiger partial charge in [-0.25, -0.2) is 4.98 Å². The Bertz CT molecular complexity index is 525. The van der Waals surface area contributed by atoms with Gasteiger partial charge in [-0.15, -0.1) is 22.7 Å². The molecule has 0 saturated carbocycles. The Labute approximate surface area is 110 Å². The predicted octanol–water partition coefficient (Wildman–Crippen LogP) is 3.76. The van der Waals surface area contributed by atoms with E-state index in [2.05, 4.69) is 25.3 Å². The molecule has 2 heterocycles. The van der Waals surface area contributed by atoms with Gasteiger partial charge in [-0.05, 0) is 30.9 Å². The molecule has 2 aromatic rings. The molecule has 0 unspecified atom stereocenters. The van der Waals surface area contributed by atoms with Crippen molar-refractivity contribution in [3.63, 3.8) is 0 Å². The van der Waals surface area contributed by atoms with Crippen molar-refractivity contribution in [3.8, 4) is 10.6 Å². The molecule has 2 aromatic heterocycles. The van der Waals surface area contributed by atoms with Gasteiger partial charge < -0.3 is 5.11 Å². The van der Waals surface area contributed by atoms with E-state index in [1.165, 1.54) is 15.3 Å². The van der Waals surface area contributed by atoms with E-state index in [1.54, 1.807) is 22.7 Å². The van der Waals surface area contributed by atoms with Gasteiger partial charge in [-0.1, -0.05) is 13.8 Å². The lowest BCUT2D eigenvalue weighted by atomic mass is 9.96. The van der Waals surface area contributed by atoms with Gasteiger partial charge in [0.25, 0.3) is 0 Å². The zero-order valence-electron chi connectivity index (χ0n) is 10.6. The molecular formula is C13H17NOS2. The van der Waals surface area contributed by atoms with Crippen molar-refractivity contribution in [1.82, 2.24) is 4.98 Å². The molecule has 0 atom stereocenters. The van der Waals surface area contributed by atoms with Crippen molar-refractivity contribution in [2.24, 2.45) is 0 Å². The summed E-state index contributed by atoms with van der Waals surface area (Å²) in [5.41, 5.74) is 2.11. The lowest BCUT2D eigenvalue weighted by Crippen LogP contribution is -2.21. The summed E-state index contributed by atoms with van der Waals surface area (Å²) in [6, 6.07) is 2.12. The van der Waals surface area contributed by atoms with Crippen molar-refractivity contribution >= 4 is 22.7 Å². The Kier molecular flexibility index (Phi) is 3.39. The second-order valence-electron chi connectivity index (χ2n) is 4.90. The molecular weight excluding hydrogens is 250 g/mol. The van der Waals surface area contributed by atoms with E-state index in [4.69, 9.17) is 4.98 Å². The highest BCUT2D eigenvalue weighted by Gasteiger charge is 2.25. The molecule has 0 saturated heterocycles. The molecule has 0 fully saturated rings. The van der Waals surface area contributed by atoms with Crippen LogP contribution in [0.15, 0.2) is 11.4 Å². The summed E-state index contributed by atoms with van der Waals surface area (Å²) in [5.74, 6) is 0.